The molecule has 370 valence electrons. The number of phenolic OH excluding ortho intramolecular Hbond substituents is 1. The number of amides is 8. The Kier molecular flexibility index (Phi) is 22.8. The van der Waals surface area contributed by atoms with Crippen LogP contribution in [0.15, 0.2) is 24.3 Å². The lowest BCUT2D eigenvalue weighted by Crippen LogP contribution is -2.64. The van der Waals surface area contributed by atoms with Gasteiger partial charge in [0, 0.05) is 13.0 Å². The standard InChI is InChI=1S/C38H56N12O17/c1-16(2)7-20(33(40)62)43-35(64)22(8-17-3-5-18(53)6-4-17)47-49-24-12-42-28(55)13-41-19(9-27(39)54)31(60)32(61)25(14-51)45-37(66)26(15-52)46-34(63)21(10-29(56)57)44-36(65)23(11-30(58)59)48-50-38(24)67/h3-6,16,19-26,41,47-49,51-53H,7-15H2,1-2H3,(H2,39,54)(H2,40,62)(H,42,55)(H,43,64)(H,44,65)(H,45,66)(H,46,63)(H,50,67)(H,56,57)(H,58,59)/t19-,20-,21-,22-,23-,24?,25-,26-/m0/s1. The molecule has 1 aliphatic heterocycles. The van der Waals surface area contributed by atoms with Crippen LogP contribution in [0, 0.1) is 5.92 Å². The maximum absolute atomic E-state index is 13.8. The fourth-order valence-electron chi connectivity index (χ4n) is 5.99. The number of aliphatic hydroxyl groups is 2. The van der Waals surface area contributed by atoms with E-state index in [9.17, 15) is 83.1 Å². The molecule has 67 heavy (non-hydrogen) atoms. The van der Waals surface area contributed by atoms with Gasteiger partial charge in [0.2, 0.25) is 52.9 Å². The number of ketones is 2. The van der Waals surface area contributed by atoms with Gasteiger partial charge in [0.25, 0.3) is 5.91 Å². The van der Waals surface area contributed by atoms with Crippen LogP contribution >= 0.6 is 0 Å². The number of carboxylic acid groups (broad SMARTS) is 2. The Bertz CT molecular complexity index is 2000. The van der Waals surface area contributed by atoms with E-state index in [2.05, 4.69) is 37.7 Å². The van der Waals surface area contributed by atoms with Gasteiger partial charge in [-0.25, -0.2) is 16.3 Å². The Balaban J connectivity index is 2.63. The first-order chi connectivity index (χ1) is 31.4. The van der Waals surface area contributed by atoms with Gasteiger partial charge in [-0.05, 0) is 36.5 Å². The first-order valence-corrected chi connectivity index (χ1v) is 20.3. The van der Waals surface area contributed by atoms with Crippen LogP contribution in [0.25, 0.3) is 0 Å². The molecule has 1 saturated heterocycles. The van der Waals surface area contributed by atoms with E-state index in [-0.39, 0.29) is 24.5 Å². The number of hydrazine groups is 2. The SMILES string of the molecule is CC(C)C[C@H](NC(=O)[C@H](Cc1ccc(O)cc1)NNC1CNC(=O)CN[C@@H](CC(N)=O)C(=O)C(=O)[C@H](CO)NC(=O)[C@H](CO)NC(=O)[C@H](CC(=O)O)NC(=O)[C@H](CC(=O)O)NNC1=O)C(N)=O. The lowest BCUT2D eigenvalue weighted by Gasteiger charge is -2.27. The fourth-order valence-corrected chi connectivity index (χ4v) is 5.99. The molecule has 1 fully saturated rings. The van der Waals surface area contributed by atoms with E-state index in [0.29, 0.717) is 5.56 Å². The summed E-state index contributed by atoms with van der Waals surface area (Å²) in [5.74, 6) is -16.0. The molecule has 1 heterocycles. The smallest absolute Gasteiger partial charge is 0.305 e. The molecular formula is C38H56N12O17. The van der Waals surface area contributed by atoms with Gasteiger partial charge in [-0.15, -0.1) is 0 Å². The molecule has 1 aliphatic rings. The number of aromatic hydroxyl groups is 1. The van der Waals surface area contributed by atoms with Gasteiger partial charge in [-0.3, -0.25) is 68.3 Å². The second kappa shape index (κ2) is 27.3. The Labute approximate surface area is 380 Å². The largest absolute Gasteiger partial charge is 0.508 e. The zero-order valence-electron chi connectivity index (χ0n) is 36.2. The predicted octanol–water partition coefficient (Wildman–Crippen LogP) is -8.74. The number of carboxylic acids is 2. The minimum absolute atomic E-state index is 0.111. The van der Waals surface area contributed by atoms with Crippen molar-refractivity contribution in [2.45, 2.75) is 94.3 Å². The minimum Gasteiger partial charge on any atom is -0.508 e. The molecule has 0 aromatic heterocycles. The summed E-state index contributed by atoms with van der Waals surface area (Å²) < 4.78 is 0. The second-order valence-corrected chi connectivity index (χ2v) is 15.4. The summed E-state index contributed by atoms with van der Waals surface area (Å²) in [7, 11) is 0. The number of aliphatic carboxylic acids is 2. The molecule has 29 heteroatoms. The summed E-state index contributed by atoms with van der Waals surface area (Å²) in [5.41, 5.74) is 20.6. The number of Topliss-reactive ketones (excluding diaryl/α,β-unsaturated/α-hetero) is 2. The van der Waals surface area contributed by atoms with Gasteiger partial charge in [-0.2, -0.15) is 0 Å². The van der Waals surface area contributed by atoms with E-state index in [0.717, 1.165) is 0 Å². The van der Waals surface area contributed by atoms with E-state index in [1.54, 1.807) is 13.8 Å². The Morgan fingerprint density at radius 1 is 0.716 bits per heavy atom. The van der Waals surface area contributed by atoms with Crippen molar-refractivity contribution in [3.63, 3.8) is 0 Å². The maximum atomic E-state index is 13.8. The third kappa shape index (κ3) is 19.4. The Hall–Kier alpha value is -7.18. The average molecular weight is 953 g/mol. The van der Waals surface area contributed by atoms with E-state index >= 15 is 0 Å². The summed E-state index contributed by atoms with van der Waals surface area (Å²) >= 11 is 0. The molecule has 8 amide bonds. The first-order valence-electron chi connectivity index (χ1n) is 20.3. The molecule has 0 bridgehead atoms. The van der Waals surface area contributed by atoms with Crippen molar-refractivity contribution in [3.8, 4) is 5.75 Å². The highest BCUT2D eigenvalue weighted by Crippen LogP contribution is 2.12. The summed E-state index contributed by atoms with van der Waals surface area (Å²) in [6, 6.07) is -8.81. The zero-order valence-corrected chi connectivity index (χ0v) is 36.2. The minimum atomic E-state index is -2.11. The Morgan fingerprint density at radius 2 is 1.25 bits per heavy atom. The number of phenols is 1. The van der Waals surface area contributed by atoms with Gasteiger partial charge < -0.3 is 63.6 Å². The van der Waals surface area contributed by atoms with Crippen LogP contribution in [0.1, 0.15) is 45.1 Å². The van der Waals surface area contributed by atoms with Crippen LogP contribution in [-0.4, -0.2) is 171 Å². The Morgan fingerprint density at radius 3 is 1.81 bits per heavy atom. The predicted molar refractivity (Wildman–Crippen MR) is 224 cm³/mol. The third-order valence-electron chi connectivity index (χ3n) is 9.49. The van der Waals surface area contributed by atoms with Crippen LogP contribution in [0.2, 0.25) is 0 Å². The molecule has 0 spiro atoms. The summed E-state index contributed by atoms with van der Waals surface area (Å²) in [4.78, 5) is 154. The molecule has 0 radical (unpaired) electrons. The molecule has 19 N–H and O–H groups in total. The van der Waals surface area contributed by atoms with Crippen molar-refractivity contribution in [2.24, 2.45) is 17.4 Å². The fraction of sp³-hybridized carbons (Fsp3) is 0.526. The van der Waals surface area contributed by atoms with Gasteiger partial charge in [0.05, 0.1) is 38.6 Å². The zero-order chi connectivity index (χ0) is 50.5. The number of hydrogen-bond acceptors (Lipinski definition) is 19. The van der Waals surface area contributed by atoms with Gasteiger partial charge in [-0.1, -0.05) is 26.0 Å². The van der Waals surface area contributed by atoms with Gasteiger partial charge >= 0.3 is 11.9 Å². The van der Waals surface area contributed by atoms with Gasteiger partial charge in [0.1, 0.15) is 48.0 Å². The van der Waals surface area contributed by atoms with Gasteiger partial charge in [0.15, 0.2) is 0 Å². The molecule has 0 aliphatic carbocycles. The number of primary amides is 2. The number of aliphatic hydroxyl groups excluding tert-OH is 2. The summed E-state index contributed by atoms with van der Waals surface area (Å²) in [6.07, 6.45) is -3.31. The lowest BCUT2D eigenvalue weighted by atomic mass is 10.00. The highest BCUT2D eigenvalue weighted by Gasteiger charge is 2.37. The topological polar surface area (TPSA) is 478 Å². The number of carbonyl (C=O) groups excluding carboxylic acids is 10. The number of carbonyl (C=O) groups is 12. The molecule has 1 aromatic carbocycles. The lowest BCUT2D eigenvalue weighted by molar-refractivity contribution is -0.143. The van der Waals surface area contributed by atoms with Crippen LogP contribution < -0.4 is 65.1 Å². The van der Waals surface area contributed by atoms with E-state index in [1.165, 1.54) is 24.3 Å². The molecule has 1 unspecified atom stereocenters. The highest BCUT2D eigenvalue weighted by molar-refractivity contribution is 6.41. The number of benzene rings is 1. The van der Waals surface area contributed by atoms with Crippen LogP contribution in [0.5, 0.6) is 5.75 Å². The monoisotopic (exact) mass is 952 g/mol. The number of nitrogens with one attached hydrogen (secondary N) is 10. The molecule has 0 saturated carbocycles. The first kappa shape index (κ1) is 56.0. The quantitative estimate of drug-likeness (QED) is 0.0480. The van der Waals surface area contributed by atoms with Crippen LogP contribution in [0.4, 0.5) is 0 Å². The van der Waals surface area contributed by atoms with Crippen molar-refractivity contribution in [1.82, 2.24) is 53.6 Å². The van der Waals surface area contributed by atoms with Crippen molar-refractivity contribution in [1.29, 1.82) is 0 Å². The summed E-state index contributed by atoms with van der Waals surface area (Å²) in [5, 5.41) is 61.6. The van der Waals surface area contributed by atoms with Crippen molar-refractivity contribution in [3.05, 3.63) is 29.8 Å². The maximum Gasteiger partial charge on any atom is 0.305 e. The molecular weight excluding hydrogens is 896 g/mol. The second-order valence-electron chi connectivity index (χ2n) is 15.4. The third-order valence-corrected chi connectivity index (χ3v) is 9.49. The number of hydrogen-bond donors (Lipinski definition) is 17. The molecule has 2 rings (SSSR count). The van der Waals surface area contributed by atoms with E-state index < -0.39 is 165 Å². The number of nitrogens with two attached hydrogens (primary N) is 2. The molecule has 8 atom stereocenters. The van der Waals surface area contributed by atoms with E-state index in [1.807, 2.05) is 16.0 Å². The van der Waals surface area contributed by atoms with Crippen molar-refractivity contribution >= 4 is 70.8 Å². The molecule has 1 aromatic rings. The van der Waals surface area contributed by atoms with Crippen LogP contribution in [-0.2, 0) is 64.0 Å². The normalized spacial score (nSPS) is 22.9. The highest BCUT2D eigenvalue weighted by atomic mass is 16.4. The summed E-state index contributed by atoms with van der Waals surface area (Å²) in [6.45, 7) is -0.612. The molecule has 29 nitrogen and oxygen atoms in total. The number of rotatable bonds is 18. The van der Waals surface area contributed by atoms with E-state index in [4.69, 9.17) is 11.5 Å². The van der Waals surface area contributed by atoms with Crippen LogP contribution in [0.3, 0.4) is 0 Å². The van der Waals surface area contributed by atoms with Crippen molar-refractivity contribution in [2.75, 3.05) is 26.3 Å². The average Bonchev–Trinajstić information content (AvgIpc) is 3.25. The van der Waals surface area contributed by atoms with Crippen molar-refractivity contribution < 1.29 is 83.1 Å².